The van der Waals surface area contributed by atoms with Crippen LogP contribution >= 0.6 is 11.3 Å². The third-order valence-corrected chi connectivity index (χ3v) is 6.67. The van der Waals surface area contributed by atoms with Gasteiger partial charge in [-0.15, -0.1) is 0 Å². The van der Waals surface area contributed by atoms with Gasteiger partial charge in [0.25, 0.3) is 5.56 Å². The molecule has 4 rings (SSSR count). The lowest BCUT2D eigenvalue weighted by molar-refractivity contribution is -0.00240. The molecule has 1 aliphatic rings. The third kappa shape index (κ3) is 4.29. The summed E-state index contributed by atoms with van der Waals surface area (Å²) >= 11 is 0.643. The molecule has 3 aromatic rings. The highest BCUT2D eigenvalue weighted by atomic mass is 32.2. The number of nitrogens with zero attached hydrogens (tertiary/aromatic N) is 2. The molecule has 170 valence electrons. The molecule has 12 nitrogen and oxygen atoms in total. The van der Waals surface area contributed by atoms with E-state index in [4.69, 9.17) is 10.5 Å². The van der Waals surface area contributed by atoms with E-state index < -0.39 is 44.8 Å². The summed E-state index contributed by atoms with van der Waals surface area (Å²) in [6.07, 6.45) is -0.406. The number of carboxylic acids is 1. The molecule has 0 radical (unpaired) electrons. The van der Waals surface area contributed by atoms with Crippen molar-refractivity contribution in [1.29, 1.82) is 0 Å². The molecule has 0 amide bonds. The minimum atomic E-state index is -3.68. The van der Waals surface area contributed by atoms with Gasteiger partial charge in [-0.05, 0) is 24.5 Å². The van der Waals surface area contributed by atoms with Crippen LogP contribution in [0.25, 0.3) is 10.3 Å². The number of hydrogen-bond acceptors (Lipinski definition) is 9. The molecule has 0 unspecified atom stereocenters. The average molecular weight is 482 g/mol. The van der Waals surface area contributed by atoms with Crippen LogP contribution in [0.15, 0.2) is 33.9 Å². The van der Waals surface area contributed by atoms with Gasteiger partial charge in [0.05, 0.1) is 24.0 Å². The Labute approximate surface area is 184 Å². The monoisotopic (exact) mass is 481 g/mol. The summed E-state index contributed by atoms with van der Waals surface area (Å²) in [7, 11) is -3.68. The maximum atomic E-state index is 12.7. The molecule has 0 spiro atoms. The Hall–Kier alpha value is -3.07. The quantitative estimate of drug-likeness (QED) is 0.372. The largest absolute Gasteiger partial charge is 0.478 e. The van der Waals surface area contributed by atoms with E-state index in [0.29, 0.717) is 16.9 Å². The third-order valence-electron chi connectivity index (χ3n) is 5.00. The molecule has 32 heavy (non-hydrogen) atoms. The summed E-state index contributed by atoms with van der Waals surface area (Å²) in [5.41, 5.74) is 5.63. The van der Waals surface area contributed by atoms with Crippen molar-refractivity contribution in [2.45, 2.75) is 31.2 Å². The minimum Gasteiger partial charge on any atom is -0.478 e. The molecule has 1 aromatic carbocycles. The van der Waals surface area contributed by atoms with Crippen LogP contribution in [0.2, 0.25) is 0 Å². The number of thiazole rings is 1. The Kier molecular flexibility index (Phi) is 5.62. The number of rotatable bonds is 6. The van der Waals surface area contributed by atoms with Gasteiger partial charge in [0.1, 0.15) is 4.70 Å². The highest BCUT2D eigenvalue weighted by molar-refractivity contribution is 7.88. The van der Waals surface area contributed by atoms with E-state index in [-0.39, 0.29) is 34.7 Å². The molecule has 0 bridgehead atoms. The number of carbonyl (C=O) groups is 1. The molecule has 3 heterocycles. The van der Waals surface area contributed by atoms with Crippen LogP contribution in [0.5, 0.6) is 0 Å². The van der Waals surface area contributed by atoms with Crippen LogP contribution < -0.4 is 20.9 Å². The van der Waals surface area contributed by atoms with Crippen molar-refractivity contribution in [3.63, 3.8) is 0 Å². The Morgan fingerprint density at radius 3 is 2.81 bits per heavy atom. The molecular weight excluding hydrogens is 462 g/mol. The Balaban J connectivity index is 1.75. The first-order valence-corrected chi connectivity index (χ1v) is 12.1. The minimum absolute atomic E-state index is 0.0156. The van der Waals surface area contributed by atoms with E-state index >= 15 is 0 Å². The number of benzene rings is 1. The van der Waals surface area contributed by atoms with E-state index in [1.165, 1.54) is 6.07 Å². The van der Waals surface area contributed by atoms with E-state index in [0.717, 1.165) is 10.8 Å². The van der Waals surface area contributed by atoms with Crippen molar-refractivity contribution in [2.75, 3.05) is 12.0 Å². The SMILES string of the molecule is CS(=O)(=O)N[C@@H]1C[C@H](Cc2ccccc2C(=O)O)O[C@H]1n1c(=O)sc2c(=O)[nH]c(N)nc21. The van der Waals surface area contributed by atoms with Crippen LogP contribution in [-0.2, 0) is 21.2 Å². The van der Waals surface area contributed by atoms with Gasteiger partial charge >= 0.3 is 10.8 Å². The van der Waals surface area contributed by atoms with Crippen LogP contribution in [-0.4, -0.2) is 52.4 Å². The predicted molar refractivity (Wildman–Crippen MR) is 116 cm³/mol. The van der Waals surface area contributed by atoms with Gasteiger partial charge in [-0.2, -0.15) is 4.98 Å². The molecule has 14 heteroatoms. The van der Waals surface area contributed by atoms with Gasteiger partial charge in [-0.25, -0.2) is 17.9 Å². The van der Waals surface area contributed by atoms with Crippen molar-refractivity contribution in [1.82, 2.24) is 19.3 Å². The molecule has 0 saturated carbocycles. The molecule has 0 aliphatic carbocycles. The summed E-state index contributed by atoms with van der Waals surface area (Å²) in [5.74, 6) is -1.30. The summed E-state index contributed by atoms with van der Waals surface area (Å²) in [4.78, 5) is 42.2. The van der Waals surface area contributed by atoms with Crippen molar-refractivity contribution in [2.24, 2.45) is 0 Å². The number of anilines is 1. The van der Waals surface area contributed by atoms with Crippen LogP contribution in [0.1, 0.15) is 28.6 Å². The zero-order valence-electron chi connectivity index (χ0n) is 16.6. The van der Waals surface area contributed by atoms with Crippen molar-refractivity contribution in [3.8, 4) is 0 Å². The summed E-state index contributed by atoms with van der Waals surface area (Å²) in [6, 6.07) is 5.55. The topological polar surface area (TPSA) is 186 Å². The van der Waals surface area contributed by atoms with Gasteiger partial charge in [-0.3, -0.25) is 19.1 Å². The first kappa shape index (κ1) is 22.1. The number of sulfonamides is 1. The number of aromatic nitrogens is 3. The highest BCUT2D eigenvalue weighted by Crippen LogP contribution is 2.33. The number of H-pyrrole nitrogens is 1. The lowest BCUT2D eigenvalue weighted by Crippen LogP contribution is -2.40. The number of hydrogen-bond donors (Lipinski definition) is 4. The number of nitrogen functional groups attached to an aromatic ring is 1. The molecule has 3 atom stereocenters. The van der Waals surface area contributed by atoms with Crippen molar-refractivity contribution in [3.05, 3.63) is 55.4 Å². The normalized spacial score (nSPS) is 21.2. The fraction of sp³-hybridized carbons (Fsp3) is 0.333. The number of nitrogens with one attached hydrogen (secondary N) is 2. The molecule has 1 aliphatic heterocycles. The predicted octanol–water partition coefficient (Wildman–Crippen LogP) is -0.125. The molecule has 1 fully saturated rings. The maximum absolute atomic E-state index is 12.7. The number of aromatic carboxylic acids is 1. The number of fused-ring (bicyclic) bond motifs is 1. The van der Waals surface area contributed by atoms with Gasteiger partial charge < -0.3 is 15.6 Å². The van der Waals surface area contributed by atoms with Crippen molar-refractivity contribution < 1.29 is 23.1 Å². The first-order valence-electron chi connectivity index (χ1n) is 9.38. The lowest BCUT2D eigenvalue weighted by Gasteiger charge is -2.20. The fourth-order valence-electron chi connectivity index (χ4n) is 3.82. The average Bonchev–Trinajstić information content (AvgIpc) is 3.20. The molecule has 2 aromatic heterocycles. The second-order valence-corrected chi connectivity index (χ2v) is 10.1. The number of nitrogens with two attached hydrogens (primary N) is 1. The molecule has 5 N–H and O–H groups in total. The van der Waals surface area contributed by atoms with E-state index in [1.807, 2.05) is 0 Å². The number of carboxylic acid groups (broad SMARTS) is 1. The smallest absolute Gasteiger partial charge is 0.335 e. The fourth-order valence-corrected chi connectivity index (χ4v) is 5.43. The van der Waals surface area contributed by atoms with E-state index in [9.17, 15) is 27.9 Å². The first-order chi connectivity index (χ1) is 15.0. The summed E-state index contributed by atoms with van der Waals surface area (Å²) in [6.45, 7) is 0. The van der Waals surface area contributed by atoms with Crippen molar-refractivity contribution >= 4 is 43.6 Å². The Morgan fingerprint density at radius 2 is 2.12 bits per heavy atom. The lowest BCUT2D eigenvalue weighted by atomic mass is 9.99. The van der Waals surface area contributed by atoms with Gasteiger partial charge in [0.15, 0.2) is 11.9 Å². The molecular formula is C18H19N5O7S2. The zero-order valence-corrected chi connectivity index (χ0v) is 18.3. The van der Waals surface area contributed by atoms with Gasteiger partial charge in [0.2, 0.25) is 16.0 Å². The summed E-state index contributed by atoms with van der Waals surface area (Å²) in [5, 5.41) is 9.42. The number of aromatic amines is 1. The van der Waals surface area contributed by atoms with Gasteiger partial charge in [-0.1, -0.05) is 29.5 Å². The maximum Gasteiger partial charge on any atom is 0.335 e. The molecule has 1 saturated heterocycles. The van der Waals surface area contributed by atoms with Gasteiger partial charge in [0, 0.05) is 0 Å². The second kappa shape index (κ2) is 8.12. The Bertz CT molecular complexity index is 1430. The van der Waals surface area contributed by atoms with Crippen LogP contribution in [0.3, 0.4) is 0 Å². The number of ether oxygens (including phenoxy) is 1. The van der Waals surface area contributed by atoms with Crippen LogP contribution in [0.4, 0.5) is 5.95 Å². The second-order valence-electron chi connectivity index (χ2n) is 7.39. The zero-order chi connectivity index (χ0) is 23.2. The Morgan fingerprint density at radius 1 is 1.41 bits per heavy atom. The standard InChI is InChI=1S/C18H19N5O7S2/c1-32(28,29)22-11-7-9(6-8-4-2-3-5-10(8)16(25)26)30-15(11)23-13-12(31-18(23)27)14(24)21-17(19)20-13/h2-5,9,11,15,22H,6-7H2,1H3,(H,25,26)(H3,19,20,21,24)/t9-,11+,15+/m0/s1. The summed E-state index contributed by atoms with van der Waals surface area (Å²) < 4.78 is 33.5. The van der Waals surface area contributed by atoms with E-state index in [1.54, 1.807) is 18.2 Å². The highest BCUT2D eigenvalue weighted by Gasteiger charge is 2.40. The van der Waals surface area contributed by atoms with E-state index in [2.05, 4.69) is 14.7 Å². The van der Waals surface area contributed by atoms with Crippen LogP contribution in [0, 0.1) is 0 Å².